The van der Waals surface area contributed by atoms with Gasteiger partial charge in [0, 0.05) is 16.1 Å². The Balaban J connectivity index is 1.72. The minimum atomic E-state index is -1.19. The summed E-state index contributed by atoms with van der Waals surface area (Å²) in [6.07, 6.45) is 1.45. The Morgan fingerprint density at radius 1 is 0.971 bits per heavy atom. The molecule has 0 fully saturated rings. The average Bonchev–Trinajstić information content (AvgIpc) is 2.87. The Kier molecular flexibility index (Phi) is 7.10. The largest absolute Gasteiger partial charge is 0.488 e. The summed E-state index contributed by atoms with van der Waals surface area (Å²) in [5.74, 6) is -1.45. The van der Waals surface area contributed by atoms with Crippen LogP contribution in [0.15, 0.2) is 90.5 Å². The zero-order valence-electron chi connectivity index (χ0n) is 18.4. The molecule has 1 amide bonds. The van der Waals surface area contributed by atoms with E-state index in [0.717, 1.165) is 16.3 Å². The highest BCUT2D eigenvalue weighted by Crippen LogP contribution is 2.31. The van der Waals surface area contributed by atoms with Gasteiger partial charge >= 0.3 is 5.97 Å². The second-order valence-electron chi connectivity index (χ2n) is 7.55. The maximum atomic E-state index is 12.9. The number of fused-ring (bicyclic) bond motifs is 1. The zero-order chi connectivity index (χ0) is 24.8. The summed E-state index contributed by atoms with van der Waals surface area (Å²) < 4.78 is 6.06. The Morgan fingerprint density at radius 2 is 1.69 bits per heavy atom. The van der Waals surface area contributed by atoms with Gasteiger partial charge in [-0.1, -0.05) is 72.3 Å². The van der Waals surface area contributed by atoms with E-state index in [1.54, 1.807) is 24.3 Å². The van der Waals surface area contributed by atoms with E-state index >= 15 is 0 Å². The van der Waals surface area contributed by atoms with Crippen molar-refractivity contribution in [1.29, 1.82) is 5.26 Å². The molecule has 0 bridgehead atoms. The quantitative estimate of drug-likeness (QED) is 0.237. The maximum Gasteiger partial charge on any atom is 0.337 e. The SMILES string of the molecule is N#C/C(=C\c1c(OCc2ccccc2Cl)ccc2ccccc12)C(=O)Nc1ccccc1C(=O)O. The highest BCUT2D eigenvalue weighted by molar-refractivity contribution is 6.31. The molecular formula is C28H19ClN2O4. The van der Waals surface area contributed by atoms with Crippen LogP contribution in [0.2, 0.25) is 5.02 Å². The fourth-order valence-electron chi connectivity index (χ4n) is 3.58. The normalized spacial score (nSPS) is 11.0. The number of carbonyl (C=O) groups is 2. The number of halogens is 1. The average molecular weight is 483 g/mol. The number of rotatable bonds is 7. The van der Waals surface area contributed by atoms with Crippen LogP contribution in [-0.4, -0.2) is 17.0 Å². The van der Waals surface area contributed by atoms with Crippen molar-refractivity contribution in [3.8, 4) is 11.8 Å². The molecule has 4 rings (SSSR count). The van der Waals surface area contributed by atoms with Gasteiger partial charge in [-0.25, -0.2) is 4.79 Å². The molecule has 0 saturated carbocycles. The third kappa shape index (κ3) is 5.32. The maximum absolute atomic E-state index is 12.9. The van der Waals surface area contributed by atoms with Crippen molar-refractivity contribution in [3.63, 3.8) is 0 Å². The smallest absolute Gasteiger partial charge is 0.337 e. The first-order chi connectivity index (χ1) is 17.0. The van der Waals surface area contributed by atoms with Gasteiger partial charge in [-0.3, -0.25) is 4.79 Å². The summed E-state index contributed by atoms with van der Waals surface area (Å²) in [7, 11) is 0. The first-order valence-corrected chi connectivity index (χ1v) is 11.0. The summed E-state index contributed by atoms with van der Waals surface area (Å²) in [4.78, 5) is 24.4. The van der Waals surface area contributed by atoms with Crippen molar-refractivity contribution in [2.75, 3.05) is 5.32 Å². The number of amides is 1. The number of ether oxygens (including phenoxy) is 1. The minimum Gasteiger partial charge on any atom is -0.488 e. The van der Waals surface area contributed by atoms with Crippen molar-refractivity contribution >= 4 is 46.0 Å². The van der Waals surface area contributed by atoms with Crippen molar-refractivity contribution in [2.24, 2.45) is 0 Å². The molecule has 0 aliphatic heterocycles. The lowest BCUT2D eigenvalue weighted by atomic mass is 10.0. The lowest BCUT2D eigenvalue weighted by Gasteiger charge is -2.14. The number of benzene rings is 4. The number of carboxylic acid groups (broad SMARTS) is 1. The van der Waals surface area contributed by atoms with Crippen LogP contribution in [0, 0.1) is 11.3 Å². The van der Waals surface area contributed by atoms with Crippen LogP contribution < -0.4 is 10.1 Å². The molecule has 0 saturated heterocycles. The van der Waals surface area contributed by atoms with Gasteiger partial charge in [0.15, 0.2) is 0 Å². The standard InChI is InChI=1S/C28H19ClN2O4/c29-24-11-5-2-8-19(24)17-35-26-14-13-18-7-1-3-9-21(18)23(26)15-20(16-30)27(32)31-25-12-6-4-10-22(25)28(33)34/h1-15H,17H2,(H,31,32)(H,33,34)/b20-15+. The predicted molar refractivity (Wildman–Crippen MR) is 135 cm³/mol. The minimum absolute atomic E-state index is 0.0768. The molecule has 0 aliphatic carbocycles. The summed E-state index contributed by atoms with van der Waals surface area (Å²) in [5.41, 5.74) is 1.16. The molecule has 0 spiro atoms. The number of nitrogens with zero attached hydrogens (tertiary/aromatic N) is 1. The Morgan fingerprint density at radius 3 is 2.46 bits per heavy atom. The first kappa shape index (κ1) is 23.6. The molecule has 4 aromatic rings. The zero-order valence-corrected chi connectivity index (χ0v) is 19.1. The van der Waals surface area contributed by atoms with Crippen LogP contribution in [0.1, 0.15) is 21.5 Å². The van der Waals surface area contributed by atoms with Gasteiger partial charge in [0.25, 0.3) is 5.91 Å². The molecule has 0 atom stereocenters. The summed E-state index contributed by atoms with van der Waals surface area (Å²) in [6.45, 7) is 0.193. The topological polar surface area (TPSA) is 99.4 Å². The van der Waals surface area contributed by atoms with Crippen LogP contribution in [0.5, 0.6) is 5.75 Å². The van der Waals surface area contributed by atoms with E-state index in [2.05, 4.69) is 5.32 Å². The number of aromatic carboxylic acids is 1. The van der Waals surface area contributed by atoms with Gasteiger partial charge in [0.1, 0.15) is 24.0 Å². The van der Waals surface area contributed by atoms with Gasteiger partial charge in [0.05, 0.1) is 11.3 Å². The fraction of sp³-hybridized carbons (Fsp3) is 0.0357. The van der Waals surface area contributed by atoms with E-state index in [1.807, 2.05) is 54.6 Å². The molecule has 0 radical (unpaired) electrons. The van der Waals surface area contributed by atoms with Crippen LogP contribution in [0.3, 0.4) is 0 Å². The van der Waals surface area contributed by atoms with E-state index in [1.165, 1.54) is 18.2 Å². The van der Waals surface area contributed by atoms with Gasteiger partial charge < -0.3 is 15.2 Å². The number of carboxylic acids is 1. The number of hydrogen-bond donors (Lipinski definition) is 2. The molecule has 172 valence electrons. The van der Waals surface area contributed by atoms with Crippen molar-refractivity contribution in [3.05, 3.63) is 112 Å². The van der Waals surface area contributed by atoms with Gasteiger partial charge in [0.2, 0.25) is 0 Å². The summed E-state index contributed by atoms with van der Waals surface area (Å²) in [6, 6.07) is 26.4. The number of para-hydroxylation sites is 1. The van der Waals surface area contributed by atoms with Crippen LogP contribution in [-0.2, 0) is 11.4 Å². The van der Waals surface area contributed by atoms with Crippen LogP contribution in [0.25, 0.3) is 16.8 Å². The molecule has 6 nitrogen and oxygen atoms in total. The lowest BCUT2D eigenvalue weighted by Crippen LogP contribution is -2.16. The molecule has 35 heavy (non-hydrogen) atoms. The van der Waals surface area contributed by atoms with E-state index in [-0.39, 0.29) is 23.4 Å². The molecule has 0 aliphatic rings. The van der Waals surface area contributed by atoms with Gasteiger partial charge in [-0.2, -0.15) is 5.26 Å². The van der Waals surface area contributed by atoms with Crippen molar-refractivity contribution < 1.29 is 19.4 Å². The Hall–Kier alpha value is -4.60. The molecule has 7 heteroatoms. The van der Waals surface area contributed by atoms with E-state index in [0.29, 0.717) is 16.3 Å². The highest BCUT2D eigenvalue weighted by atomic mass is 35.5. The highest BCUT2D eigenvalue weighted by Gasteiger charge is 2.17. The van der Waals surface area contributed by atoms with Gasteiger partial charge in [-0.15, -0.1) is 0 Å². The number of nitrogens with one attached hydrogen (secondary N) is 1. The lowest BCUT2D eigenvalue weighted by molar-refractivity contribution is -0.112. The van der Waals surface area contributed by atoms with E-state index in [9.17, 15) is 20.0 Å². The number of anilines is 1. The molecule has 2 N–H and O–H groups in total. The summed E-state index contributed by atoms with van der Waals surface area (Å²) >= 11 is 6.26. The van der Waals surface area contributed by atoms with Gasteiger partial charge in [-0.05, 0) is 41.1 Å². The Bertz CT molecular complexity index is 1500. The number of carbonyl (C=O) groups excluding carboxylic acids is 1. The van der Waals surface area contributed by atoms with Crippen molar-refractivity contribution in [2.45, 2.75) is 6.61 Å². The first-order valence-electron chi connectivity index (χ1n) is 10.6. The molecule has 0 unspecified atom stereocenters. The molecule has 0 aromatic heterocycles. The van der Waals surface area contributed by atoms with Crippen LogP contribution in [0.4, 0.5) is 5.69 Å². The summed E-state index contributed by atoms with van der Waals surface area (Å²) in [5, 5.41) is 23.9. The number of nitriles is 1. The monoisotopic (exact) mass is 482 g/mol. The fourth-order valence-corrected chi connectivity index (χ4v) is 3.77. The van der Waals surface area contributed by atoms with Crippen LogP contribution >= 0.6 is 11.6 Å². The Labute approximate surface area is 206 Å². The number of hydrogen-bond acceptors (Lipinski definition) is 4. The molecule has 0 heterocycles. The molecule has 4 aromatic carbocycles. The van der Waals surface area contributed by atoms with E-state index in [4.69, 9.17) is 16.3 Å². The third-order valence-electron chi connectivity index (χ3n) is 5.33. The third-order valence-corrected chi connectivity index (χ3v) is 5.70. The molecular weight excluding hydrogens is 464 g/mol. The second-order valence-corrected chi connectivity index (χ2v) is 7.96. The van der Waals surface area contributed by atoms with E-state index < -0.39 is 11.9 Å². The second kappa shape index (κ2) is 10.6. The van der Waals surface area contributed by atoms with Crippen molar-refractivity contribution in [1.82, 2.24) is 0 Å². The predicted octanol–water partition coefficient (Wildman–Crippen LogP) is 6.32.